The van der Waals surface area contributed by atoms with Gasteiger partial charge in [0.1, 0.15) is 0 Å². The molecule has 0 spiro atoms. The highest BCUT2D eigenvalue weighted by Crippen LogP contribution is 2.11. The second-order valence-corrected chi connectivity index (χ2v) is 3.91. The molecule has 74 valence electrons. The monoisotopic (exact) mass is 183 g/mol. The predicted octanol–water partition coefficient (Wildman–Crippen LogP) is 1.14. The van der Waals surface area contributed by atoms with Gasteiger partial charge < -0.3 is 14.8 Å². The maximum absolute atomic E-state index is 9.50. The molecule has 0 aliphatic rings. The Morgan fingerprint density at radius 1 is 1.46 bits per heavy atom. The van der Waals surface area contributed by atoms with E-state index in [1.165, 1.54) is 0 Å². The third-order valence-electron chi connectivity index (χ3n) is 2.05. The number of hydrogen-bond donors (Lipinski definition) is 2. The Kier molecular flexibility index (Phi) is 3.12. The van der Waals surface area contributed by atoms with Gasteiger partial charge in [-0.15, -0.1) is 0 Å². The van der Waals surface area contributed by atoms with E-state index in [0.717, 1.165) is 12.2 Å². The fourth-order valence-electron chi connectivity index (χ4n) is 1.21. The van der Waals surface area contributed by atoms with E-state index >= 15 is 0 Å². The summed E-state index contributed by atoms with van der Waals surface area (Å²) >= 11 is 0. The normalized spacial score (nSPS) is 12.0. The minimum absolute atomic E-state index is 0.0544. The lowest BCUT2D eigenvalue weighted by Gasteiger charge is -2.18. The van der Waals surface area contributed by atoms with Gasteiger partial charge in [-0.3, -0.25) is 0 Å². The molecule has 1 heterocycles. The first-order valence-electron chi connectivity index (χ1n) is 4.50. The van der Waals surface area contributed by atoms with Crippen molar-refractivity contribution in [1.29, 1.82) is 0 Å². The Balaban J connectivity index is 2.54. The van der Waals surface area contributed by atoms with Crippen LogP contribution in [0.5, 0.6) is 0 Å². The highest BCUT2D eigenvalue weighted by molar-refractivity contribution is 5.05. The lowest BCUT2D eigenvalue weighted by atomic mass is 10.1. The highest BCUT2D eigenvalue weighted by Gasteiger charge is 2.12. The molecule has 0 aliphatic heterocycles. The molecule has 0 bridgehead atoms. The molecule has 0 amide bonds. The summed E-state index contributed by atoms with van der Waals surface area (Å²) in [6.07, 6.45) is 2.60. The molecule has 1 rings (SSSR count). The lowest BCUT2D eigenvalue weighted by Crippen LogP contribution is -2.21. The zero-order valence-electron chi connectivity index (χ0n) is 8.20. The number of aliphatic hydroxyl groups is 2. The molecular weight excluding hydrogens is 166 g/mol. The van der Waals surface area contributed by atoms with Crippen LogP contribution in [-0.4, -0.2) is 20.4 Å². The largest absolute Gasteiger partial charge is 0.390 e. The average molecular weight is 183 g/mol. The van der Waals surface area contributed by atoms with Gasteiger partial charge in [-0.05, 0) is 32.4 Å². The van der Waals surface area contributed by atoms with Gasteiger partial charge in [-0.2, -0.15) is 0 Å². The molecule has 3 nitrogen and oxygen atoms in total. The van der Waals surface area contributed by atoms with Crippen LogP contribution in [-0.2, 0) is 13.2 Å². The fraction of sp³-hybridized carbons (Fsp3) is 0.600. The van der Waals surface area contributed by atoms with Crippen LogP contribution in [0.3, 0.4) is 0 Å². The molecule has 3 heteroatoms. The summed E-state index contributed by atoms with van der Waals surface area (Å²) in [6, 6.07) is 3.78. The first-order valence-corrected chi connectivity index (χ1v) is 4.50. The highest BCUT2D eigenvalue weighted by atomic mass is 16.3. The Morgan fingerprint density at radius 2 is 2.15 bits per heavy atom. The summed E-state index contributed by atoms with van der Waals surface area (Å²) < 4.78 is 1.96. The van der Waals surface area contributed by atoms with E-state index in [0.29, 0.717) is 6.42 Å². The molecule has 0 aromatic carbocycles. The molecule has 1 aromatic rings. The van der Waals surface area contributed by atoms with Crippen LogP contribution < -0.4 is 0 Å². The Morgan fingerprint density at radius 3 is 2.69 bits per heavy atom. The first-order chi connectivity index (χ1) is 6.03. The van der Waals surface area contributed by atoms with Crippen LogP contribution in [0.25, 0.3) is 0 Å². The maximum Gasteiger partial charge on any atom is 0.0832 e. The first kappa shape index (κ1) is 10.3. The van der Waals surface area contributed by atoms with Gasteiger partial charge in [0.2, 0.25) is 0 Å². The van der Waals surface area contributed by atoms with E-state index in [1.807, 2.05) is 22.9 Å². The number of nitrogens with zero attached hydrogens (tertiary/aromatic N) is 1. The van der Waals surface area contributed by atoms with Crippen molar-refractivity contribution < 1.29 is 10.2 Å². The molecule has 0 fully saturated rings. The zero-order chi connectivity index (χ0) is 9.90. The van der Waals surface area contributed by atoms with E-state index in [4.69, 9.17) is 5.11 Å². The molecule has 13 heavy (non-hydrogen) atoms. The van der Waals surface area contributed by atoms with Crippen molar-refractivity contribution in [2.24, 2.45) is 0 Å². The SMILES string of the molecule is CC(C)(O)CCn1cccc1CO. The molecule has 0 saturated carbocycles. The minimum Gasteiger partial charge on any atom is -0.390 e. The van der Waals surface area contributed by atoms with Crippen LogP contribution in [0.15, 0.2) is 18.3 Å². The number of aromatic nitrogens is 1. The van der Waals surface area contributed by atoms with Crippen LogP contribution in [0.1, 0.15) is 26.0 Å². The van der Waals surface area contributed by atoms with E-state index in [9.17, 15) is 5.11 Å². The smallest absolute Gasteiger partial charge is 0.0832 e. The van der Waals surface area contributed by atoms with Crippen molar-refractivity contribution in [1.82, 2.24) is 4.57 Å². The van der Waals surface area contributed by atoms with Gasteiger partial charge in [0.15, 0.2) is 0 Å². The summed E-state index contributed by atoms with van der Waals surface area (Å²) in [7, 11) is 0. The standard InChI is InChI=1S/C10H17NO2/c1-10(2,13)5-7-11-6-3-4-9(11)8-12/h3-4,6,12-13H,5,7-8H2,1-2H3. The Bertz CT molecular complexity index is 260. The van der Waals surface area contributed by atoms with Gasteiger partial charge in [0.25, 0.3) is 0 Å². The van der Waals surface area contributed by atoms with Crippen LogP contribution in [0, 0.1) is 0 Å². The second-order valence-electron chi connectivity index (χ2n) is 3.91. The second kappa shape index (κ2) is 3.94. The summed E-state index contributed by atoms with van der Waals surface area (Å²) in [5.41, 5.74) is 0.251. The van der Waals surface area contributed by atoms with Gasteiger partial charge in [-0.25, -0.2) is 0 Å². The van der Waals surface area contributed by atoms with E-state index in [-0.39, 0.29) is 6.61 Å². The zero-order valence-corrected chi connectivity index (χ0v) is 8.20. The summed E-state index contributed by atoms with van der Waals surface area (Å²) in [5, 5.41) is 18.5. The van der Waals surface area contributed by atoms with E-state index in [2.05, 4.69) is 0 Å². The molecule has 0 atom stereocenters. The molecule has 0 aliphatic carbocycles. The molecule has 1 aromatic heterocycles. The number of rotatable bonds is 4. The summed E-state index contributed by atoms with van der Waals surface area (Å²) in [4.78, 5) is 0. The molecule has 0 unspecified atom stereocenters. The van der Waals surface area contributed by atoms with Crippen LogP contribution >= 0.6 is 0 Å². The molecular formula is C10H17NO2. The van der Waals surface area contributed by atoms with Crippen molar-refractivity contribution in [3.63, 3.8) is 0 Å². The minimum atomic E-state index is -0.642. The predicted molar refractivity (Wildman–Crippen MR) is 51.3 cm³/mol. The lowest BCUT2D eigenvalue weighted by molar-refractivity contribution is 0.0656. The average Bonchev–Trinajstić information content (AvgIpc) is 2.46. The topological polar surface area (TPSA) is 45.4 Å². The number of aryl methyl sites for hydroxylation is 1. The molecule has 0 saturated heterocycles. The van der Waals surface area contributed by atoms with Crippen LogP contribution in [0.2, 0.25) is 0 Å². The summed E-state index contributed by atoms with van der Waals surface area (Å²) in [6.45, 7) is 4.37. The number of hydrogen-bond acceptors (Lipinski definition) is 2. The summed E-state index contributed by atoms with van der Waals surface area (Å²) in [5.74, 6) is 0. The van der Waals surface area contributed by atoms with Crippen molar-refractivity contribution in [3.8, 4) is 0 Å². The van der Waals surface area contributed by atoms with E-state index in [1.54, 1.807) is 13.8 Å². The van der Waals surface area contributed by atoms with Gasteiger partial charge in [0, 0.05) is 18.4 Å². The van der Waals surface area contributed by atoms with Crippen molar-refractivity contribution in [3.05, 3.63) is 24.0 Å². The van der Waals surface area contributed by atoms with Gasteiger partial charge >= 0.3 is 0 Å². The van der Waals surface area contributed by atoms with Crippen molar-refractivity contribution >= 4 is 0 Å². The Hall–Kier alpha value is -0.800. The van der Waals surface area contributed by atoms with E-state index < -0.39 is 5.60 Å². The number of aliphatic hydroxyl groups excluding tert-OH is 1. The third kappa shape index (κ3) is 3.20. The van der Waals surface area contributed by atoms with Crippen molar-refractivity contribution in [2.45, 2.75) is 39.0 Å². The Labute approximate surface area is 78.6 Å². The fourth-order valence-corrected chi connectivity index (χ4v) is 1.21. The van der Waals surface area contributed by atoms with Gasteiger partial charge in [0.05, 0.1) is 12.2 Å². The maximum atomic E-state index is 9.50. The van der Waals surface area contributed by atoms with Gasteiger partial charge in [-0.1, -0.05) is 0 Å². The molecule has 2 N–H and O–H groups in total. The molecule has 0 radical (unpaired) electrons. The third-order valence-corrected chi connectivity index (χ3v) is 2.05. The quantitative estimate of drug-likeness (QED) is 0.735. The van der Waals surface area contributed by atoms with Crippen LogP contribution in [0.4, 0.5) is 0 Å². The van der Waals surface area contributed by atoms with Crippen molar-refractivity contribution in [2.75, 3.05) is 0 Å².